The summed E-state index contributed by atoms with van der Waals surface area (Å²) in [5.74, 6) is -0.205. The summed E-state index contributed by atoms with van der Waals surface area (Å²) in [4.78, 5) is 26.4. The van der Waals surface area contributed by atoms with Gasteiger partial charge in [-0.3, -0.25) is 9.59 Å². The maximum Gasteiger partial charge on any atom is 0.254 e. The van der Waals surface area contributed by atoms with Crippen LogP contribution >= 0.6 is 0 Å². The molecule has 0 atom stereocenters. The van der Waals surface area contributed by atoms with Gasteiger partial charge in [-0.25, -0.2) is 0 Å². The third-order valence-electron chi connectivity index (χ3n) is 4.20. The SMILES string of the molecule is Cc1ccc(NCC(=O)Nc2cccc(C(=O)N3CCOCC3)c2)cc1. The van der Waals surface area contributed by atoms with E-state index in [-0.39, 0.29) is 18.4 Å². The Morgan fingerprint density at radius 2 is 1.77 bits per heavy atom. The fraction of sp³-hybridized carbons (Fsp3) is 0.300. The van der Waals surface area contributed by atoms with Crippen molar-refractivity contribution in [2.45, 2.75) is 6.92 Å². The van der Waals surface area contributed by atoms with Crippen molar-refractivity contribution in [1.82, 2.24) is 4.90 Å². The molecule has 2 aromatic rings. The number of morpholine rings is 1. The highest BCUT2D eigenvalue weighted by atomic mass is 16.5. The largest absolute Gasteiger partial charge is 0.378 e. The molecule has 0 unspecified atom stereocenters. The van der Waals surface area contributed by atoms with Crippen molar-refractivity contribution in [2.24, 2.45) is 0 Å². The Balaban J connectivity index is 1.56. The summed E-state index contributed by atoms with van der Waals surface area (Å²) < 4.78 is 5.27. The number of nitrogens with one attached hydrogen (secondary N) is 2. The van der Waals surface area contributed by atoms with Crippen molar-refractivity contribution in [3.05, 3.63) is 59.7 Å². The molecule has 26 heavy (non-hydrogen) atoms. The van der Waals surface area contributed by atoms with Crippen LogP contribution in [-0.4, -0.2) is 49.6 Å². The smallest absolute Gasteiger partial charge is 0.254 e. The first-order valence-corrected chi connectivity index (χ1v) is 8.69. The van der Waals surface area contributed by atoms with Gasteiger partial charge in [-0.2, -0.15) is 0 Å². The van der Waals surface area contributed by atoms with Gasteiger partial charge >= 0.3 is 0 Å². The summed E-state index contributed by atoms with van der Waals surface area (Å²) in [5, 5.41) is 5.90. The molecule has 1 heterocycles. The Labute approximate surface area is 153 Å². The number of benzene rings is 2. The lowest BCUT2D eigenvalue weighted by Crippen LogP contribution is -2.40. The van der Waals surface area contributed by atoms with E-state index in [2.05, 4.69) is 10.6 Å². The molecule has 1 aliphatic rings. The number of aryl methyl sites for hydroxylation is 1. The molecule has 1 fully saturated rings. The van der Waals surface area contributed by atoms with Crippen LogP contribution in [0.15, 0.2) is 48.5 Å². The highest BCUT2D eigenvalue weighted by Gasteiger charge is 2.18. The van der Waals surface area contributed by atoms with Gasteiger partial charge in [-0.15, -0.1) is 0 Å². The molecule has 136 valence electrons. The van der Waals surface area contributed by atoms with Crippen molar-refractivity contribution in [3.63, 3.8) is 0 Å². The van der Waals surface area contributed by atoms with Gasteiger partial charge in [0.2, 0.25) is 5.91 Å². The summed E-state index contributed by atoms with van der Waals surface area (Å²) in [6, 6.07) is 14.9. The second-order valence-electron chi connectivity index (χ2n) is 6.25. The summed E-state index contributed by atoms with van der Waals surface area (Å²) in [6.45, 7) is 4.48. The van der Waals surface area contributed by atoms with Crippen LogP contribution in [-0.2, 0) is 9.53 Å². The predicted octanol–water partition coefficient (Wildman–Crippen LogP) is 2.52. The van der Waals surface area contributed by atoms with Gasteiger partial charge in [0.05, 0.1) is 19.8 Å². The highest BCUT2D eigenvalue weighted by molar-refractivity contribution is 5.98. The van der Waals surface area contributed by atoms with Gasteiger partial charge in [-0.1, -0.05) is 23.8 Å². The van der Waals surface area contributed by atoms with Crippen molar-refractivity contribution >= 4 is 23.2 Å². The average molecular weight is 353 g/mol. The van der Waals surface area contributed by atoms with Crippen LogP contribution in [0.3, 0.4) is 0 Å². The van der Waals surface area contributed by atoms with Crippen LogP contribution in [0.5, 0.6) is 0 Å². The molecule has 2 amide bonds. The zero-order valence-corrected chi connectivity index (χ0v) is 14.8. The first kappa shape index (κ1) is 17.9. The predicted molar refractivity (Wildman–Crippen MR) is 101 cm³/mol. The normalized spacial score (nSPS) is 14.0. The maximum atomic E-state index is 12.5. The Morgan fingerprint density at radius 3 is 2.50 bits per heavy atom. The topological polar surface area (TPSA) is 70.7 Å². The minimum absolute atomic E-state index is 0.0396. The molecule has 0 saturated carbocycles. The molecule has 1 saturated heterocycles. The molecule has 6 nitrogen and oxygen atoms in total. The molecule has 0 aliphatic carbocycles. The molecular formula is C20H23N3O3. The van der Waals surface area contributed by atoms with Gasteiger partial charge in [0.15, 0.2) is 0 Å². The van der Waals surface area contributed by atoms with Gasteiger partial charge in [0.1, 0.15) is 0 Å². The quantitative estimate of drug-likeness (QED) is 0.867. The van der Waals surface area contributed by atoms with Crippen LogP contribution < -0.4 is 10.6 Å². The van der Waals surface area contributed by atoms with Gasteiger partial charge in [0.25, 0.3) is 5.91 Å². The number of anilines is 2. The summed E-state index contributed by atoms with van der Waals surface area (Å²) in [7, 11) is 0. The van der Waals surface area contributed by atoms with E-state index >= 15 is 0 Å². The van der Waals surface area contributed by atoms with E-state index < -0.39 is 0 Å². The van der Waals surface area contributed by atoms with Crippen LogP contribution in [0.1, 0.15) is 15.9 Å². The minimum Gasteiger partial charge on any atom is -0.378 e. The van der Waals surface area contributed by atoms with Crippen LogP contribution in [0.25, 0.3) is 0 Å². The monoisotopic (exact) mass is 353 g/mol. The molecule has 0 bridgehead atoms. The molecule has 2 N–H and O–H groups in total. The number of amides is 2. The second kappa shape index (κ2) is 8.49. The maximum absolute atomic E-state index is 12.5. The first-order chi connectivity index (χ1) is 12.6. The van der Waals surface area contributed by atoms with Crippen molar-refractivity contribution in [2.75, 3.05) is 43.5 Å². The van der Waals surface area contributed by atoms with E-state index in [4.69, 9.17) is 4.74 Å². The van der Waals surface area contributed by atoms with E-state index in [1.54, 1.807) is 29.2 Å². The number of ether oxygens (including phenoxy) is 1. The lowest BCUT2D eigenvalue weighted by atomic mass is 10.1. The molecule has 3 rings (SSSR count). The zero-order chi connectivity index (χ0) is 18.4. The molecular weight excluding hydrogens is 330 g/mol. The molecule has 0 radical (unpaired) electrons. The highest BCUT2D eigenvalue weighted by Crippen LogP contribution is 2.14. The van der Waals surface area contributed by atoms with Crippen molar-refractivity contribution < 1.29 is 14.3 Å². The fourth-order valence-corrected chi connectivity index (χ4v) is 2.74. The van der Waals surface area contributed by atoms with Crippen molar-refractivity contribution in [1.29, 1.82) is 0 Å². The summed E-state index contributed by atoms with van der Waals surface area (Å²) in [5.41, 5.74) is 3.24. The number of nitrogens with zero attached hydrogens (tertiary/aromatic N) is 1. The number of hydrogen-bond donors (Lipinski definition) is 2. The molecule has 0 spiro atoms. The molecule has 6 heteroatoms. The Bertz CT molecular complexity index is 768. The average Bonchev–Trinajstić information content (AvgIpc) is 2.68. The van der Waals surface area contributed by atoms with Gasteiger partial charge in [0, 0.05) is 30.0 Å². The number of carbonyl (C=O) groups excluding carboxylic acids is 2. The van der Waals surface area contributed by atoms with E-state index in [0.29, 0.717) is 37.6 Å². The fourth-order valence-electron chi connectivity index (χ4n) is 2.74. The van der Waals surface area contributed by atoms with Crippen LogP contribution in [0.4, 0.5) is 11.4 Å². The third kappa shape index (κ3) is 4.83. The van der Waals surface area contributed by atoms with E-state index in [1.165, 1.54) is 5.56 Å². The van der Waals surface area contributed by atoms with Crippen molar-refractivity contribution in [3.8, 4) is 0 Å². The van der Waals surface area contributed by atoms with Gasteiger partial charge < -0.3 is 20.3 Å². The van der Waals surface area contributed by atoms with E-state index in [1.807, 2.05) is 31.2 Å². The second-order valence-corrected chi connectivity index (χ2v) is 6.25. The number of rotatable bonds is 5. The number of hydrogen-bond acceptors (Lipinski definition) is 4. The van der Waals surface area contributed by atoms with Crippen LogP contribution in [0, 0.1) is 6.92 Å². The summed E-state index contributed by atoms with van der Waals surface area (Å²) in [6.07, 6.45) is 0. The Morgan fingerprint density at radius 1 is 1.04 bits per heavy atom. The Kier molecular flexibility index (Phi) is 5.86. The van der Waals surface area contributed by atoms with Crippen LogP contribution in [0.2, 0.25) is 0 Å². The number of carbonyl (C=O) groups is 2. The Hall–Kier alpha value is -2.86. The zero-order valence-electron chi connectivity index (χ0n) is 14.8. The standard InChI is InChI=1S/C20H23N3O3/c1-15-5-7-17(8-6-15)21-14-19(24)22-18-4-2-3-16(13-18)20(25)23-9-11-26-12-10-23/h2-8,13,21H,9-12,14H2,1H3,(H,22,24). The summed E-state index contributed by atoms with van der Waals surface area (Å²) >= 11 is 0. The lowest BCUT2D eigenvalue weighted by Gasteiger charge is -2.27. The van der Waals surface area contributed by atoms with Gasteiger partial charge in [-0.05, 0) is 37.3 Å². The lowest BCUT2D eigenvalue weighted by molar-refractivity contribution is -0.114. The molecule has 2 aromatic carbocycles. The van der Waals surface area contributed by atoms with E-state index in [9.17, 15) is 9.59 Å². The third-order valence-corrected chi connectivity index (χ3v) is 4.20. The first-order valence-electron chi connectivity index (χ1n) is 8.69. The van der Waals surface area contributed by atoms with E-state index in [0.717, 1.165) is 5.69 Å². The minimum atomic E-state index is -0.165. The molecule has 0 aromatic heterocycles. The molecule has 1 aliphatic heterocycles.